The van der Waals surface area contributed by atoms with E-state index in [4.69, 9.17) is 4.74 Å². The fourth-order valence-corrected chi connectivity index (χ4v) is 2.29. The average Bonchev–Trinajstić information content (AvgIpc) is 2.50. The van der Waals surface area contributed by atoms with Crippen molar-refractivity contribution >= 4 is 33.8 Å². The van der Waals surface area contributed by atoms with E-state index < -0.39 is 30.5 Å². The number of amides is 1. The van der Waals surface area contributed by atoms with Gasteiger partial charge in [0.15, 0.2) is 6.61 Å². The Kier molecular flexibility index (Phi) is 7.74. The normalized spacial score (nSPS) is 11.7. The van der Waals surface area contributed by atoms with Crippen LogP contribution in [0.15, 0.2) is 28.7 Å². The molecular formula is C16H20BrNO5. The van der Waals surface area contributed by atoms with E-state index in [-0.39, 0.29) is 5.92 Å². The lowest BCUT2D eigenvalue weighted by molar-refractivity contribution is -0.145. The van der Waals surface area contributed by atoms with Crippen molar-refractivity contribution in [1.29, 1.82) is 0 Å². The van der Waals surface area contributed by atoms with Gasteiger partial charge in [-0.15, -0.1) is 0 Å². The van der Waals surface area contributed by atoms with Gasteiger partial charge in [0.05, 0.1) is 12.7 Å². The molecule has 1 amide bonds. The molecule has 0 spiro atoms. The van der Waals surface area contributed by atoms with Gasteiger partial charge in [0.2, 0.25) is 0 Å². The highest BCUT2D eigenvalue weighted by atomic mass is 79.9. The molecule has 0 aliphatic heterocycles. The van der Waals surface area contributed by atoms with E-state index in [9.17, 15) is 14.4 Å². The average molecular weight is 386 g/mol. The van der Waals surface area contributed by atoms with Crippen molar-refractivity contribution in [2.75, 3.05) is 13.7 Å². The van der Waals surface area contributed by atoms with Gasteiger partial charge in [0.1, 0.15) is 6.04 Å². The molecule has 0 saturated heterocycles. The number of esters is 2. The second kappa shape index (κ2) is 9.29. The van der Waals surface area contributed by atoms with Gasteiger partial charge in [0.25, 0.3) is 5.91 Å². The molecule has 1 atom stereocenters. The molecule has 0 heterocycles. The fraction of sp³-hybridized carbons (Fsp3) is 0.438. The van der Waals surface area contributed by atoms with Crippen LogP contribution in [0.4, 0.5) is 0 Å². The van der Waals surface area contributed by atoms with Gasteiger partial charge in [-0.25, -0.2) is 9.59 Å². The number of hydrogen-bond donors (Lipinski definition) is 1. The first-order valence-corrected chi connectivity index (χ1v) is 7.92. The molecule has 1 rings (SSSR count). The van der Waals surface area contributed by atoms with E-state index >= 15 is 0 Å². The summed E-state index contributed by atoms with van der Waals surface area (Å²) < 4.78 is 10.3. The van der Waals surface area contributed by atoms with Crippen LogP contribution in [-0.4, -0.2) is 37.6 Å². The standard InChI is InChI=1S/C16H20BrNO5/c1-10(2)7-13(16(21)22-3)18-14(19)9-23-15(20)11-5-4-6-12(17)8-11/h4-6,8,10,13H,7,9H2,1-3H3,(H,18,19)/t13-/m0/s1. The molecule has 0 unspecified atom stereocenters. The van der Waals surface area contributed by atoms with Crippen LogP contribution in [0, 0.1) is 5.92 Å². The maximum atomic E-state index is 11.9. The largest absolute Gasteiger partial charge is 0.467 e. The zero-order chi connectivity index (χ0) is 17.4. The molecule has 0 fully saturated rings. The Morgan fingerprint density at radius 3 is 2.52 bits per heavy atom. The lowest BCUT2D eigenvalue weighted by Crippen LogP contribution is -2.44. The van der Waals surface area contributed by atoms with Crippen LogP contribution in [0.1, 0.15) is 30.6 Å². The number of carbonyl (C=O) groups excluding carboxylic acids is 3. The highest BCUT2D eigenvalue weighted by molar-refractivity contribution is 9.10. The number of nitrogens with one attached hydrogen (secondary N) is 1. The Labute approximate surface area is 143 Å². The predicted molar refractivity (Wildman–Crippen MR) is 87.8 cm³/mol. The van der Waals surface area contributed by atoms with Gasteiger partial charge in [-0.05, 0) is 30.5 Å². The van der Waals surface area contributed by atoms with E-state index in [2.05, 4.69) is 26.0 Å². The molecule has 1 aromatic rings. The molecule has 1 aromatic carbocycles. The van der Waals surface area contributed by atoms with E-state index in [1.165, 1.54) is 7.11 Å². The first-order chi connectivity index (χ1) is 10.8. The summed E-state index contributed by atoms with van der Waals surface area (Å²) in [4.78, 5) is 35.3. The molecule has 0 bridgehead atoms. The summed E-state index contributed by atoms with van der Waals surface area (Å²) in [7, 11) is 1.26. The Hall–Kier alpha value is -1.89. The third-order valence-corrected chi connectivity index (χ3v) is 3.42. The summed E-state index contributed by atoms with van der Waals surface area (Å²) in [6, 6.07) is 5.89. The van der Waals surface area contributed by atoms with Crippen LogP contribution < -0.4 is 5.32 Å². The number of methoxy groups -OCH3 is 1. The maximum absolute atomic E-state index is 11.9. The van der Waals surface area contributed by atoms with Crippen molar-refractivity contribution in [3.63, 3.8) is 0 Å². The smallest absolute Gasteiger partial charge is 0.338 e. The number of hydrogen-bond acceptors (Lipinski definition) is 5. The van der Waals surface area contributed by atoms with Gasteiger partial charge >= 0.3 is 11.9 Å². The molecule has 1 N–H and O–H groups in total. The van der Waals surface area contributed by atoms with Crippen molar-refractivity contribution in [3.05, 3.63) is 34.3 Å². The molecule has 6 nitrogen and oxygen atoms in total. The second-order valence-corrected chi connectivity index (χ2v) is 6.27. The van der Waals surface area contributed by atoms with Crippen LogP contribution in [0.2, 0.25) is 0 Å². The zero-order valence-electron chi connectivity index (χ0n) is 13.3. The minimum absolute atomic E-state index is 0.198. The Morgan fingerprint density at radius 2 is 1.96 bits per heavy atom. The lowest BCUT2D eigenvalue weighted by atomic mass is 10.0. The van der Waals surface area contributed by atoms with E-state index in [1.54, 1.807) is 24.3 Å². The van der Waals surface area contributed by atoms with Gasteiger partial charge in [-0.1, -0.05) is 35.8 Å². The quantitative estimate of drug-likeness (QED) is 0.728. The van der Waals surface area contributed by atoms with Crippen molar-refractivity contribution in [2.45, 2.75) is 26.3 Å². The highest BCUT2D eigenvalue weighted by Gasteiger charge is 2.23. The number of rotatable bonds is 7. The first-order valence-electron chi connectivity index (χ1n) is 7.13. The molecule has 0 aromatic heterocycles. The van der Waals surface area contributed by atoms with Crippen molar-refractivity contribution < 1.29 is 23.9 Å². The monoisotopic (exact) mass is 385 g/mol. The zero-order valence-corrected chi connectivity index (χ0v) is 14.9. The van der Waals surface area contributed by atoms with Gasteiger partial charge in [0, 0.05) is 4.47 Å². The number of ether oxygens (including phenoxy) is 2. The molecule has 0 aliphatic rings. The van der Waals surface area contributed by atoms with E-state index in [1.807, 2.05) is 13.8 Å². The number of halogens is 1. The maximum Gasteiger partial charge on any atom is 0.338 e. The topological polar surface area (TPSA) is 81.7 Å². The second-order valence-electron chi connectivity index (χ2n) is 5.36. The van der Waals surface area contributed by atoms with Crippen LogP contribution in [0.5, 0.6) is 0 Å². The SMILES string of the molecule is COC(=O)[C@H](CC(C)C)NC(=O)COC(=O)c1cccc(Br)c1. The van der Waals surface area contributed by atoms with Crippen LogP contribution in [0.25, 0.3) is 0 Å². The fourth-order valence-electron chi connectivity index (χ4n) is 1.89. The first kappa shape index (κ1) is 19.2. The predicted octanol–water partition coefficient (Wildman–Crippen LogP) is 2.31. The molecule has 7 heteroatoms. The number of benzene rings is 1. The third-order valence-electron chi connectivity index (χ3n) is 2.92. The lowest BCUT2D eigenvalue weighted by Gasteiger charge is -2.18. The summed E-state index contributed by atoms with van der Waals surface area (Å²) in [6.07, 6.45) is 0.442. The minimum atomic E-state index is -0.753. The minimum Gasteiger partial charge on any atom is -0.467 e. The Bertz CT molecular complexity index is 573. The van der Waals surface area contributed by atoms with Crippen LogP contribution >= 0.6 is 15.9 Å². The van der Waals surface area contributed by atoms with Crippen molar-refractivity contribution in [2.24, 2.45) is 5.92 Å². The molecule has 126 valence electrons. The number of carbonyl (C=O) groups is 3. The molecule has 23 heavy (non-hydrogen) atoms. The summed E-state index contributed by atoms with van der Waals surface area (Å²) >= 11 is 3.25. The van der Waals surface area contributed by atoms with Gasteiger partial charge in [-0.2, -0.15) is 0 Å². The Morgan fingerprint density at radius 1 is 1.26 bits per heavy atom. The highest BCUT2D eigenvalue weighted by Crippen LogP contribution is 2.12. The van der Waals surface area contributed by atoms with Crippen molar-refractivity contribution in [3.8, 4) is 0 Å². The molecular weight excluding hydrogens is 366 g/mol. The van der Waals surface area contributed by atoms with E-state index in [0.29, 0.717) is 12.0 Å². The molecule has 0 aliphatic carbocycles. The summed E-state index contributed by atoms with van der Waals surface area (Å²) in [5.41, 5.74) is 0.332. The van der Waals surface area contributed by atoms with Gasteiger partial charge < -0.3 is 14.8 Å². The molecule has 0 saturated carbocycles. The summed E-state index contributed by atoms with van der Waals surface area (Å²) in [5.74, 6) is -1.49. The Balaban J connectivity index is 2.54. The van der Waals surface area contributed by atoms with Crippen molar-refractivity contribution in [1.82, 2.24) is 5.32 Å². The third kappa shape index (κ3) is 6.81. The van der Waals surface area contributed by atoms with Gasteiger partial charge in [-0.3, -0.25) is 4.79 Å². The van der Waals surface area contributed by atoms with E-state index in [0.717, 1.165) is 4.47 Å². The van der Waals surface area contributed by atoms with Crippen LogP contribution in [-0.2, 0) is 19.1 Å². The van der Waals surface area contributed by atoms with Crippen LogP contribution in [0.3, 0.4) is 0 Å². The summed E-state index contributed by atoms with van der Waals surface area (Å²) in [6.45, 7) is 3.39. The molecule has 0 radical (unpaired) electrons. The summed E-state index contributed by atoms with van der Waals surface area (Å²) in [5, 5.41) is 2.52.